The molecule has 0 radical (unpaired) electrons. The van der Waals surface area contributed by atoms with Gasteiger partial charge >= 0.3 is 5.97 Å². The molecule has 110 valence electrons. The Hall–Kier alpha value is -2.83. The molecule has 0 unspecified atom stereocenters. The first kappa shape index (κ1) is 14.6. The second kappa shape index (κ2) is 6.08. The van der Waals surface area contributed by atoms with Crippen molar-refractivity contribution < 1.29 is 23.8 Å². The maximum Gasteiger partial charge on any atom is 0.341 e. The van der Waals surface area contributed by atoms with Crippen LogP contribution in [0.3, 0.4) is 0 Å². The summed E-state index contributed by atoms with van der Waals surface area (Å²) < 4.78 is 16.4. The van der Waals surface area contributed by atoms with Gasteiger partial charge in [0.15, 0.2) is 17.8 Å². The van der Waals surface area contributed by atoms with Gasteiger partial charge in [-0.05, 0) is 12.1 Å². The van der Waals surface area contributed by atoms with Crippen LogP contribution in [0.25, 0.3) is 5.69 Å². The SMILES string of the molecule is COC(=O)c1cnn(-c2cccc(OC)c2OC)c1C=O. The van der Waals surface area contributed by atoms with E-state index in [2.05, 4.69) is 9.84 Å². The summed E-state index contributed by atoms with van der Waals surface area (Å²) in [6.45, 7) is 0. The van der Waals surface area contributed by atoms with E-state index < -0.39 is 5.97 Å². The van der Waals surface area contributed by atoms with Crippen molar-refractivity contribution in [2.24, 2.45) is 0 Å². The van der Waals surface area contributed by atoms with E-state index in [1.165, 1.54) is 32.2 Å². The minimum atomic E-state index is -0.634. The van der Waals surface area contributed by atoms with Crippen LogP contribution in [0, 0.1) is 0 Å². The van der Waals surface area contributed by atoms with Gasteiger partial charge in [0, 0.05) is 0 Å². The quantitative estimate of drug-likeness (QED) is 0.613. The van der Waals surface area contributed by atoms with Crippen molar-refractivity contribution in [1.82, 2.24) is 9.78 Å². The number of hydrogen-bond donors (Lipinski definition) is 0. The largest absolute Gasteiger partial charge is 0.493 e. The number of methoxy groups -OCH3 is 3. The van der Waals surface area contributed by atoms with E-state index in [0.29, 0.717) is 23.5 Å². The fraction of sp³-hybridized carbons (Fsp3) is 0.214. The molecule has 0 aliphatic heterocycles. The van der Waals surface area contributed by atoms with Gasteiger partial charge in [0.1, 0.15) is 16.9 Å². The Bertz CT molecular complexity index is 678. The first-order chi connectivity index (χ1) is 10.2. The first-order valence-corrected chi connectivity index (χ1v) is 6.00. The van der Waals surface area contributed by atoms with Gasteiger partial charge in [-0.2, -0.15) is 5.10 Å². The summed E-state index contributed by atoms with van der Waals surface area (Å²) in [6.07, 6.45) is 1.81. The van der Waals surface area contributed by atoms with Crippen molar-refractivity contribution in [2.75, 3.05) is 21.3 Å². The third kappa shape index (κ3) is 2.45. The highest BCUT2D eigenvalue weighted by molar-refractivity contribution is 5.97. The van der Waals surface area contributed by atoms with Crippen LogP contribution in [-0.4, -0.2) is 43.4 Å². The molecule has 0 atom stereocenters. The number of nitrogens with zero attached hydrogens (tertiary/aromatic N) is 2. The van der Waals surface area contributed by atoms with Crippen LogP contribution in [0.4, 0.5) is 0 Å². The van der Waals surface area contributed by atoms with Gasteiger partial charge in [-0.3, -0.25) is 4.79 Å². The molecule has 0 N–H and O–H groups in total. The van der Waals surface area contributed by atoms with E-state index in [0.717, 1.165) is 0 Å². The molecule has 1 aromatic heterocycles. The topological polar surface area (TPSA) is 79.7 Å². The van der Waals surface area contributed by atoms with Gasteiger partial charge in [-0.15, -0.1) is 0 Å². The molecule has 0 aliphatic rings. The van der Waals surface area contributed by atoms with E-state index in [9.17, 15) is 9.59 Å². The number of ether oxygens (including phenoxy) is 3. The first-order valence-electron chi connectivity index (χ1n) is 6.00. The lowest BCUT2D eigenvalue weighted by Crippen LogP contribution is -2.08. The van der Waals surface area contributed by atoms with Gasteiger partial charge in [-0.25, -0.2) is 9.48 Å². The molecule has 2 aromatic rings. The predicted molar refractivity (Wildman–Crippen MR) is 73.4 cm³/mol. The summed E-state index contributed by atoms with van der Waals surface area (Å²) in [7, 11) is 4.22. The molecular formula is C14H14N2O5. The lowest BCUT2D eigenvalue weighted by molar-refractivity contribution is 0.0598. The average Bonchev–Trinajstić information content (AvgIpc) is 2.96. The average molecular weight is 290 g/mol. The Labute approximate surface area is 121 Å². The Morgan fingerprint density at radius 3 is 2.57 bits per heavy atom. The number of esters is 1. The Balaban J connectivity index is 2.65. The van der Waals surface area contributed by atoms with E-state index in [4.69, 9.17) is 9.47 Å². The van der Waals surface area contributed by atoms with E-state index in [-0.39, 0.29) is 11.3 Å². The van der Waals surface area contributed by atoms with Gasteiger partial charge in [0.25, 0.3) is 0 Å². The number of aromatic nitrogens is 2. The maximum absolute atomic E-state index is 11.6. The van der Waals surface area contributed by atoms with Crippen molar-refractivity contribution in [1.29, 1.82) is 0 Å². The van der Waals surface area contributed by atoms with E-state index in [1.807, 2.05) is 0 Å². The smallest absolute Gasteiger partial charge is 0.341 e. The highest BCUT2D eigenvalue weighted by atomic mass is 16.5. The number of carbonyl (C=O) groups excluding carboxylic acids is 2. The standard InChI is InChI=1S/C14H14N2O5/c1-19-12-6-4-5-10(13(12)20-2)16-11(8-17)9(7-15-16)14(18)21-3/h4-8H,1-3H3. The van der Waals surface area contributed by atoms with Crippen LogP contribution in [0.5, 0.6) is 11.5 Å². The molecule has 21 heavy (non-hydrogen) atoms. The summed E-state index contributed by atoms with van der Waals surface area (Å²) in [5.74, 6) is 0.259. The van der Waals surface area contributed by atoms with Crippen LogP contribution in [0.2, 0.25) is 0 Å². The highest BCUT2D eigenvalue weighted by Crippen LogP contribution is 2.33. The summed E-state index contributed by atoms with van der Waals surface area (Å²) in [5.41, 5.74) is 0.639. The molecule has 7 heteroatoms. The lowest BCUT2D eigenvalue weighted by atomic mass is 10.2. The third-order valence-corrected chi connectivity index (χ3v) is 2.93. The predicted octanol–water partition coefficient (Wildman–Crippen LogP) is 1.49. The molecule has 0 fully saturated rings. The monoisotopic (exact) mass is 290 g/mol. The number of carbonyl (C=O) groups is 2. The molecule has 1 heterocycles. The van der Waals surface area contributed by atoms with Gasteiger partial charge < -0.3 is 14.2 Å². The maximum atomic E-state index is 11.6. The normalized spacial score (nSPS) is 10.0. The van der Waals surface area contributed by atoms with Gasteiger partial charge in [0.2, 0.25) is 0 Å². The zero-order valence-electron chi connectivity index (χ0n) is 11.8. The fourth-order valence-corrected chi connectivity index (χ4v) is 1.97. The molecule has 0 aliphatic carbocycles. The number of hydrogen-bond acceptors (Lipinski definition) is 6. The van der Waals surface area contributed by atoms with Gasteiger partial charge in [0.05, 0.1) is 27.5 Å². The van der Waals surface area contributed by atoms with Crippen LogP contribution in [0.15, 0.2) is 24.4 Å². The Kier molecular flexibility index (Phi) is 4.22. The molecular weight excluding hydrogens is 276 g/mol. The molecule has 0 bridgehead atoms. The molecule has 2 rings (SSSR count). The summed E-state index contributed by atoms with van der Waals surface area (Å²) in [5, 5.41) is 4.06. The van der Waals surface area contributed by atoms with Crippen molar-refractivity contribution in [2.45, 2.75) is 0 Å². The number of aldehydes is 1. The third-order valence-electron chi connectivity index (χ3n) is 2.93. The van der Waals surface area contributed by atoms with Crippen LogP contribution in [-0.2, 0) is 4.74 Å². The molecule has 0 saturated carbocycles. The van der Waals surface area contributed by atoms with E-state index in [1.54, 1.807) is 18.2 Å². The summed E-state index contributed by atoms with van der Waals surface area (Å²) in [4.78, 5) is 22.9. The second-order valence-electron chi connectivity index (χ2n) is 3.98. The molecule has 0 spiro atoms. The van der Waals surface area contributed by atoms with Crippen molar-refractivity contribution in [3.05, 3.63) is 35.7 Å². The Morgan fingerprint density at radius 2 is 2.00 bits per heavy atom. The molecule has 0 amide bonds. The van der Waals surface area contributed by atoms with Crippen molar-refractivity contribution >= 4 is 12.3 Å². The second-order valence-corrected chi connectivity index (χ2v) is 3.98. The van der Waals surface area contributed by atoms with E-state index >= 15 is 0 Å². The molecule has 1 aromatic carbocycles. The summed E-state index contributed by atoms with van der Waals surface area (Å²) >= 11 is 0. The van der Waals surface area contributed by atoms with Crippen molar-refractivity contribution in [3.8, 4) is 17.2 Å². The number of para-hydroxylation sites is 1. The van der Waals surface area contributed by atoms with Crippen LogP contribution in [0.1, 0.15) is 20.8 Å². The number of benzene rings is 1. The zero-order chi connectivity index (χ0) is 15.4. The molecule has 7 nitrogen and oxygen atoms in total. The zero-order valence-corrected chi connectivity index (χ0v) is 11.8. The van der Waals surface area contributed by atoms with Crippen LogP contribution < -0.4 is 9.47 Å². The lowest BCUT2D eigenvalue weighted by Gasteiger charge is -2.13. The van der Waals surface area contributed by atoms with Crippen molar-refractivity contribution in [3.63, 3.8) is 0 Å². The minimum Gasteiger partial charge on any atom is -0.493 e. The van der Waals surface area contributed by atoms with Gasteiger partial charge in [-0.1, -0.05) is 6.07 Å². The summed E-state index contributed by atoms with van der Waals surface area (Å²) in [6, 6.07) is 5.14. The van der Waals surface area contributed by atoms with Crippen LogP contribution >= 0.6 is 0 Å². The highest BCUT2D eigenvalue weighted by Gasteiger charge is 2.21. The Morgan fingerprint density at radius 1 is 1.24 bits per heavy atom. The fourth-order valence-electron chi connectivity index (χ4n) is 1.97. The molecule has 0 saturated heterocycles. The minimum absolute atomic E-state index is 0.0772. The number of rotatable bonds is 5.